The van der Waals surface area contributed by atoms with E-state index in [2.05, 4.69) is 9.97 Å². The molecule has 2 amide bonds. The molecule has 0 aliphatic carbocycles. The van der Waals surface area contributed by atoms with Crippen LogP contribution in [0.2, 0.25) is 5.15 Å². The van der Waals surface area contributed by atoms with E-state index in [4.69, 9.17) is 16.3 Å². The van der Waals surface area contributed by atoms with Crippen LogP contribution < -0.4 is 0 Å². The molecule has 0 unspecified atom stereocenters. The SMILES string of the molecule is CC(C)(C)OC(=O)N1CC2(CCCN(C(=O)c3cnc(Cl)cn3)C2)C1. The molecule has 2 fully saturated rings. The Bertz CT molecular complexity index is 665. The lowest BCUT2D eigenvalue weighted by Gasteiger charge is -2.54. The van der Waals surface area contributed by atoms with E-state index in [1.165, 1.54) is 12.4 Å². The Morgan fingerprint density at radius 3 is 2.44 bits per heavy atom. The van der Waals surface area contributed by atoms with Gasteiger partial charge < -0.3 is 14.5 Å². The standard InChI is InChI=1S/C17H23ClN4O3/c1-16(2,3)25-15(24)22-10-17(11-22)5-4-6-21(9-17)14(23)12-7-20-13(18)8-19-12/h7-8H,4-6,9-11H2,1-3H3. The zero-order valence-corrected chi connectivity index (χ0v) is 15.5. The van der Waals surface area contributed by atoms with Gasteiger partial charge in [0.2, 0.25) is 0 Å². The normalized spacial score (nSPS) is 19.5. The van der Waals surface area contributed by atoms with Crippen molar-refractivity contribution in [3.8, 4) is 0 Å². The summed E-state index contributed by atoms with van der Waals surface area (Å²) < 4.78 is 5.41. The number of carbonyl (C=O) groups is 2. The maximum Gasteiger partial charge on any atom is 0.410 e. The number of piperidine rings is 1. The first-order chi connectivity index (χ1) is 11.7. The zero-order chi connectivity index (χ0) is 18.2. The largest absolute Gasteiger partial charge is 0.444 e. The molecule has 0 atom stereocenters. The molecule has 2 aliphatic rings. The van der Waals surface area contributed by atoms with Crippen LogP contribution in [0, 0.1) is 5.41 Å². The molecule has 2 saturated heterocycles. The third-order valence-electron chi connectivity index (χ3n) is 4.49. The average molecular weight is 367 g/mol. The van der Waals surface area contributed by atoms with E-state index in [0.29, 0.717) is 31.9 Å². The third kappa shape index (κ3) is 4.03. The van der Waals surface area contributed by atoms with Crippen molar-refractivity contribution in [2.45, 2.75) is 39.2 Å². The van der Waals surface area contributed by atoms with E-state index >= 15 is 0 Å². The van der Waals surface area contributed by atoms with Gasteiger partial charge in [-0.1, -0.05) is 11.6 Å². The number of aromatic nitrogens is 2. The summed E-state index contributed by atoms with van der Waals surface area (Å²) in [6.07, 6.45) is 4.41. The topological polar surface area (TPSA) is 75.6 Å². The molecule has 2 aliphatic heterocycles. The number of rotatable bonds is 1. The first-order valence-electron chi connectivity index (χ1n) is 8.42. The smallest absolute Gasteiger partial charge is 0.410 e. The van der Waals surface area contributed by atoms with Gasteiger partial charge in [-0.3, -0.25) is 4.79 Å². The highest BCUT2D eigenvalue weighted by atomic mass is 35.5. The van der Waals surface area contributed by atoms with E-state index in [-0.39, 0.29) is 22.6 Å². The Morgan fingerprint density at radius 1 is 1.16 bits per heavy atom. The predicted octanol–water partition coefficient (Wildman–Crippen LogP) is 2.60. The second kappa shape index (κ2) is 6.44. The average Bonchev–Trinajstić information content (AvgIpc) is 2.51. The summed E-state index contributed by atoms with van der Waals surface area (Å²) in [5.41, 5.74) is -0.239. The van der Waals surface area contributed by atoms with Gasteiger partial charge in [0.1, 0.15) is 16.4 Å². The van der Waals surface area contributed by atoms with E-state index in [1.807, 2.05) is 20.8 Å². The number of hydrogen-bond acceptors (Lipinski definition) is 5. The summed E-state index contributed by atoms with van der Waals surface area (Å²) in [5.74, 6) is -0.140. The summed E-state index contributed by atoms with van der Waals surface area (Å²) in [6.45, 7) is 8.13. The van der Waals surface area contributed by atoms with Gasteiger partial charge in [0.25, 0.3) is 5.91 Å². The number of nitrogens with zero attached hydrogens (tertiary/aromatic N) is 4. The van der Waals surface area contributed by atoms with Crippen molar-refractivity contribution in [2.75, 3.05) is 26.2 Å². The quantitative estimate of drug-likeness (QED) is 0.763. The number of hydrogen-bond donors (Lipinski definition) is 0. The maximum atomic E-state index is 12.6. The van der Waals surface area contributed by atoms with Crippen LogP contribution in [-0.4, -0.2) is 63.5 Å². The minimum absolute atomic E-state index is 0.0370. The Morgan fingerprint density at radius 2 is 1.84 bits per heavy atom. The molecule has 1 aromatic rings. The summed E-state index contributed by atoms with van der Waals surface area (Å²) >= 11 is 5.72. The second-order valence-corrected chi connectivity index (χ2v) is 8.28. The number of halogens is 1. The van der Waals surface area contributed by atoms with E-state index in [0.717, 1.165) is 12.8 Å². The number of ether oxygens (including phenoxy) is 1. The molecule has 136 valence electrons. The van der Waals surface area contributed by atoms with Gasteiger partial charge in [0, 0.05) is 31.6 Å². The van der Waals surface area contributed by atoms with Crippen LogP contribution in [0.15, 0.2) is 12.4 Å². The predicted molar refractivity (Wildman–Crippen MR) is 92.4 cm³/mol. The Labute approximate surface area is 152 Å². The van der Waals surface area contributed by atoms with Crippen LogP contribution in [0.1, 0.15) is 44.1 Å². The minimum atomic E-state index is -0.498. The molecule has 0 bridgehead atoms. The summed E-state index contributed by atoms with van der Waals surface area (Å²) in [6, 6.07) is 0. The molecule has 0 N–H and O–H groups in total. The molecule has 1 aromatic heterocycles. The van der Waals surface area contributed by atoms with Crippen LogP contribution >= 0.6 is 11.6 Å². The van der Waals surface area contributed by atoms with Crippen LogP contribution in [0.3, 0.4) is 0 Å². The van der Waals surface area contributed by atoms with Gasteiger partial charge in [-0.15, -0.1) is 0 Å². The van der Waals surface area contributed by atoms with E-state index in [1.54, 1.807) is 9.80 Å². The van der Waals surface area contributed by atoms with Gasteiger partial charge in [0.15, 0.2) is 0 Å². The van der Waals surface area contributed by atoms with Gasteiger partial charge in [-0.25, -0.2) is 14.8 Å². The second-order valence-electron chi connectivity index (χ2n) is 7.89. The van der Waals surface area contributed by atoms with Crippen molar-refractivity contribution < 1.29 is 14.3 Å². The zero-order valence-electron chi connectivity index (χ0n) is 14.8. The third-order valence-corrected chi connectivity index (χ3v) is 4.69. The molecule has 7 nitrogen and oxygen atoms in total. The van der Waals surface area contributed by atoms with E-state index in [9.17, 15) is 9.59 Å². The van der Waals surface area contributed by atoms with Crippen molar-refractivity contribution in [1.29, 1.82) is 0 Å². The molecule has 1 spiro atoms. The lowest BCUT2D eigenvalue weighted by molar-refractivity contribution is -0.0593. The van der Waals surface area contributed by atoms with Crippen molar-refractivity contribution in [2.24, 2.45) is 5.41 Å². The summed E-state index contributed by atoms with van der Waals surface area (Å²) in [5, 5.41) is 0.263. The highest BCUT2D eigenvalue weighted by Crippen LogP contribution is 2.39. The monoisotopic (exact) mass is 366 g/mol. The minimum Gasteiger partial charge on any atom is -0.444 e. The lowest BCUT2D eigenvalue weighted by Crippen LogP contribution is -2.65. The molecule has 0 radical (unpaired) electrons. The Hall–Kier alpha value is -1.89. The van der Waals surface area contributed by atoms with Crippen molar-refractivity contribution in [1.82, 2.24) is 19.8 Å². The van der Waals surface area contributed by atoms with E-state index < -0.39 is 5.60 Å². The van der Waals surface area contributed by atoms with Gasteiger partial charge in [-0.05, 0) is 33.6 Å². The molecule has 25 heavy (non-hydrogen) atoms. The number of amides is 2. The lowest BCUT2D eigenvalue weighted by atomic mass is 9.73. The molecule has 8 heteroatoms. The highest BCUT2D eigenvalue weighted by molar-refractivity contribution is 6.29. The van der Waals surface area contributed by atoms with Crippen molar-refractivity contribution in [3.05, 3.63) is 23.2 Å². The number of likely N-dealkylation sites (tertiary alicyclic amines) is 2. The first-order valence-corrected chi connectivity index (χ1v) is 8.80. The van der Waals surface area contributed by atoms with Crippen molar-refractivity contribution >= 4 is 23.6 Å². The van der Waals surface area contributed by atoms with Crippen LogP contribution in [-0.2, 0) is 4.74 Å². The fourth-order valence-corrected chi connectivity index (χ4v) is 3.54. The van der Waals surface area contributed by atoms with Crippen LogP contribution in [0.4, 0.5) is 4.79 Å². The fraction of sp³-hybridized carbons (Fsp3) is 0.647. The van der Waals surface area contributed by atoms with Crippen LogP contribution in [0.5, 0.6) is 0 Å². The van der Waals surface area contributed by atoms with Gasteiger partial charge in [0.05, 0.1) is 12.4 Å². The highest BCUT2D eigenvalue weighted by Gasteiger charge is 2.49. The summed E-state index contributed by atoms with van der Waals surface area (Å²) in [4.78, 5) is 36.2. The number of carbonyl (C=O) groups excluding carboxylic acids is 2. The summed E-state index contributed by atoms with van der Waals surface area (Å²) in [7, 11) is 0. The molecule has 0 saturated carbocycles. The Balaban J connectivity index is 1.60. The molecule has 3 rings (SSSR count). The molecular weight excluding hydrogens is 344 g/mol. The Kier molecular flexibility index (Phi) is 4.62. The van der Waals surface area contributed by atoms with Gasteiger partial charge in [-0.2, -0.15) is 0 Å². The molecule has 0 aromatic carbocycles. The van der Waals surface area contributed by atoms with Crippen molar-refractivity contribution in [3.63, 3.8) is 0 Å². The molecular formula is C17H23ClN4O3. The maximum absolute atomic E-state index is 12.6. The van der Waals surface area contributed by atoms with Gasteiger partial charge >= 0.3 is 6.09 Å². The van der Waals surface area contributed by atoms with Crippen LogP contribution in [0.25, 0.3) is 0 Å². The molecule has 3 heterocycles. The first kappa shape index (κ1) is 17.9. The fourth-order valence-electron chi connectivity index (χ4n) is 3.44.